The second-order valence-corrected chi connectivity index (χ2v) is 5.78. The minimum absolute atomic E-state index is 0.00562. The van der Waals surface area contributed by atoms with Gasteiger partial charge < -0.3 is 13.7 Å². The van der Waals surface area contributed by atoms with E-state index in [9.17, 15) is 4.79 Å². The summed E-state index contributed by atoms with van der Waals surface area (Å²) in [6.07, 6.45) is 7.64. The summed E-state index contributed by atoms with van der Waals surface area (Å²) in [6, 6.07) is 5.74. The lowest BCUT2D eigenvalue weighted by Crippen LogP contribution is -2.38. The molecular formula is C15H16BrNO3. The summed E-state index contributed by atoms with van der Waals surface area (Å²) in [5, 5.41) is 0. The van der Waals surface area contributed by atoms with Gasteiger partial charge in [0.25, 0.3) is 5.91 Å². The average molecular weight is 338 g/mol. The molecule has 2 aromatic rings. The molecule has 1 saturated carbocycles. The molecule has 0 N–H and O–H groups in total. The molecule has 2 aromatic heterocycles. The first-order chi connectivity index (χ1) is 9.75. The lowest BCUT2D eigenvalue weighted by molar-refractivity contribution is 0.0647. The SMILES string of the molecule is O=C(c1ccoc1Br)N(Cc1ccco1)C1CCCC1. The Hall–Kier alpha value is -1.49. The van der Waals surface area contributed by atoms with Crippen LogP contribution in [0.5, 0.6) is 0 Å². The zero-order valence-corrected chi connectivity index (χ0v) is 12.6. The summed E-state index contributed by atoms with van der Waals surface area (Å²) >= 11 is 3.28. The number of carbonyl (C=O) groups excluding carboxylic acids is 1. The first-order valence-corrected chi connectivity index (χ1v) is 7.61. The van der Waals surface area contributed by atoms with Crippen LogP contribution in [-0.4, -0.2) is 16.8 Å². The van der Waals surface area contributed by atoms with Gasteiger partial charge in [-0.25, -0.2) is 0 Å². The van der Waals surface area contributed by atoms with Crippen molar-refractivity contribution in [2.45, 2.75) is 38.3 Å². The zero-order chi connectivity index (χ0) is 13.9. The molecule has 4 nitrogen and oxygen atoms in total. The molecule has 2 heterocycles. The normalized spacial score (nSPS) is 15.7. The highest BCUT2D eigenvalue weighted by Crippen LogP contribution is 2.28. The van der Waals surface area contributed by atoms with E-state index in [1.54, 1.807) is 12.3 Å². The molecule has 1 aliphatic rings. The van der Waals surface area contributed by atoms with E-state index in [-0.39, 0.29) is 11.9 Å². The topological polar surface area (TPSA) is 46.6 Å². The van der Waals surface area contributed by atoms with Crippen LogP contribution in [0.1, 0.15) is 41.8 Å². The van der Waals surface area contributed by atoms with Gasteiger partial charge in [0.15, 0.2) is 4.67 Å². The highest BCUT2D eigenvalue weighted by atomic mass is 79.9. The second-order valence-electron chi connectivity index (χ2n) is 5.06. The van der Waals surface area contributed by atoms with E-state index in [4.69, 9.17) is 8.83 Å². The highest BCUT2D eigenvalue weighted by Gasteiger charge is 2.29. The average Bonchev–Trinajstić information content (AvgIpc) is 3.17. The second kappa shape index (κ2) is 5.87. The van der Waals surface area contributed by atoms with Gasteiger partial charge in [0.2, 0.25) is 0 Å². The van der Waals surface area contributed by atoms with Crippen molar-refractivity contribution in [3.05, 3.63) is 46.7 Å². The third-order valence-electron chi connectivity index (χ3n) is 3.78. The van der Waals surface area contributed by atoms with Gasteiger partial charge in [0.05, 0.1) is 24.6 Å². The largest absolute Gasteiger partial charge is 0.467 e. The fraction of sp³-hybridized carbons (Fsp3) is 0.400. The molecule has 0 aliphatic heterocycles. The number of carbonyl (C=O) groups is 1. The molecule has 1 aliphatic carbocycles. The number of hydrogen-bond donors (Lipinski definition) is 0. The summed E-state index contributed by atoms with van der Waals surface area (Å²) in [5.41, 5.74) is 0.573. The van der Waals surface area contributed by atoms with Crippen molar-refractivity contribution < 1.29 is 13.6 Å². The zero-order valence-electron chi connectivity index (χ0n) is 11.0. The molecule has 3 rings (SSSR count). The number of hydrogen-bond acceptors (Lipinski definition) is 3. The van der Waals surface area contributed by atoms with Crippen molar-refractivity contribution in [2.75, 3.05) is 0 Å². The third-order valence-corrected chi connectivity index (χ3v) is 4.40. The predicted octanol–water partition coefficient (Wildman–Crippen LogP) is 4.22. The Morgan fingerprint density at radius 3 is 2.65 bits per heavy atom. The summed E-state index contributed by atoms with van der Waals surface area (Å²) < 4.78 is 11.1. The monoisotopic (exact) mass is 337 g/mol. The van der Waals surface area contributed by atoms with Crippen molar-refractivity contribution in [3.8, 4) is 0 Å². The number of halogens is 1. The Balaban J connectivity index is 1.84. The molecule has 5 heteroatoms. The van der Waals surface area contributed by atoms with Crippen LogP contribution in [0.25, 0.3) is 0 Å². The van der Waals surface area contributed by atoms with E-state index < -0.39 is 0 Å². The van der Waals surface area contributed by atoms with Gasteiger partial charge in [-0.1, -0.05) is 12.8 Å². The molecule has 0 atom stereocenters. The Morgan fingerprint density at radius 2 is 2.05 bits per heavy atom. The molecular weight excluding hydrogens is 322 g/mol. The van der Waals surface area contributed by atoms with Gasteiger partial charge in [-0.2, -0.15) is 0 Å². The fourth-order valence-corrected chi connectivity index (χ4v) is 3.16. The lowest BCUT2D eigenvalue weighted by atomic mass is 10.1. The maximum absolute atomic E-state index is 12.7. The predicted molar refractivity (Wildman–Crippen MR) is 77.2 cm³/mol. The molecule has 20 heavy (non-hydrogen) atoms. The first-order valence-electron chi connectivity index (χ1n) is 6.82. The van der Waals surface area contributed by atoms with Crippen LogP contribution in [0.2, 0.25) is 0 Å². The van der Waals surface area contributed by atoms with E-state index in [0.717, 1.165) is 18.6 Å². The molecule has 0 bridgehead atoms. The molecule has 0 radical (unpaired) electrons. The fourth-order valence-electron chi connectivity index (χ4n) is 2.75. The Kier molecular flexibility index (Phi) is 3.96. The van der Waals surface area contributed by atoms with Crippen LogP contribution in [0.15, 0.2) is 44.2 Å². The van der Waals surface area contributed by atoms with E-state index in [1.807, 2.05) is 17.0 Å². The van der Waals surface area contributed by atoms with Crippen LogP contribution in [0.4, 0.5) is 0 Å². The van der Waals surface area contributed by atoms with Crippen molar-refractivity contribution in [3.63, 3.8) is 0 Å². The van der Waals surface area contributed by atoms with E-state index >= 15 is 0 Å². The third kappa shape index (κ3) is 2.68. The smallest absolute Gasteiger partial charge is 0.258 e. The maximum Gasteiger partial charge on any atom is 0.258 e. The Morgan fingerprint density at radius 1 is 1.25 bits per heavy atom. The summed E-state index contributed by atoms with van der Waals surface area (Å²) in [6.45, 7) is 0.508. The quantitative estimate of drug-likeness (QED) is 0.839. The summed E-state index contributed by atoms with van der Waals surface area (Å²) in [7, 11) is 0. The minimum Gasteiger partial charge on any atom is -0.467 e. The first kappa shape index (κ1) is 13.5. The van der Waals surface area contributed by atoms with Crippen LogP contribution < -0.4 is 0 Å². The molecule has 0 aromatic carbocycles. The molecule has 0 saturated heterocycles. The minimum atomic E-state index is -0.00562. The van der Waals surface area contributed by atoms with Gasteiger partial charge in [-0.05, 0) is 47.0 Å². The van der Waals surface area contributed by atoms with Gasteiger partial charge in [-0.15, -0.1) is 0 Å². The standard InChI is InChI=1S/C15H16BrNO3/c16-14-13(7-9-20-14)15(18)17(11-4-1-2-5-11)10-12-6-3-8-19-12/h3,6-9,11H,1-2,4-5,10H2. The Labute approximate surface area is 125 Å². The number of furan rings is 2. The van der Waals surface area contributed by atoms with Crippen molar-refractivity contribution >= 4 is 21.8 Å². The summed E-state index contributed by atoms with van der Waals surface area (Å²) in [4.78, 5) is 14.6. The van der Waals surface area contributed by atoms with E-state index in [0.29, 0.717) is 16.8 Å². The Bertz CT molecular complexity index is 570. The number of nitrogens with zero attached hydrogens (tertiary/aromatic N) is 1. The van der Waals surface area contributed by atoms with Crippen molar-refractivity contribution in [1.29, 1.82) is 0 Å². The summed E-state index contributed by atoms with van der Waals surface area (Å²) in [5.74, 6) is 0.804. The molecule has 1 amide bonds. The van der Waals surface area contributed by atoms with Gasteiger partial charge in [0.1, 0.15) is 5.76 Å². The van der Waals surface area contributed by atoms with Crippen molar-refractivity contribution in [2.24, 2.45) is 0 Å². The van der Waals surface area contributed by atoms with Crippen LogP contribution >= 0.6 is 15.9 Å². The van der Waals surface area contributed by atoms with Gasteiger partial charge in [-0.3, -0.25) is 4.79 Å². The highest BCUT2D eigenvalue weighted by molar-refractivity contribution is 9.10. The molecule has 0 unspecified atom stereocenters. The van der Waals surface area contributed by atoms with Crippen LogP contribution in [-0.2, 0) is 6.54 Å². The lowest BCUT2D eigenvalue weighted by Gasteiger charge is -2.28. The number of rotatable bonds is 4. The van der Waals surface area contributed by atoms with Gasteiger partial charge in [0, 0.05) is 6.04 Å². The van der Waals surface area contributed by atoms with Crippen molar-refractivity contribution in [1.82, 2.24) is 4.90 Å². The van der Waals surface area contributed by atoms with Crippen LogP contribution in [0, 0.1) is 0 Å². The molecule has 106 valence electrons. The molecule has 0 spiro atoms. The maximum atomic E-state index is 12.7. The number of amides is 1. The molecule has 1 fully saturated rings. The van der Waals surface area contributed by atoms with E-state index in [2.05, 4.69) is 15.9 Å². The van der Waals surface area contributed by atoms with Crippen LogP contribution in [0.3, 0.4) is 0 Å². The van der Waals surface area contributed by atoms with Gasteiger partial charge >= 0.3 is 0 Å². The van der Waals surface area contributed by atoms with E-state index in [1.165, 1.54) is 19.1 Å².